The van der Waals surface area contributed by atoms with Crippen LogP contribution in [0.25, 0.3) is 0 Å². The zero-order valence-electron chi connectivity index (χ0n) is 15.9. The summed E-state index contributed by atoms with van der Waals surface area (Å²) in [5.74, 6) is -3.02. The molecule has 29 heavy (non-hydrogen) atoms. The Balaban J connectivity index is 1.99. The van der Waals surface area contributed by atoms with Crippen LogP contribution < -0.4 is 5.73 Å². The van der Waals surface area contributed by atoms with Crippen LogP contribution in [0.3, 0.4) is 0 Å². The molecule has 1 aliphatic heterocycles. The van der Waals surface area contributed by atoms with Gasteiger partial charge in [-0.2, -0.15) is 8.42 Å². The second kappa shape index (κ2) is 7.14. The Labute approximate surface area is 175 Å². The maximum Gasteiger partial charge on any atom is 0.304 e. The van der Waals surface area contributed by atoms with E-state index in [0.717, 1.165) is 6.07 Å². The summed E-state index contributed by atoms with van der Waals surface area (Å²) < 4.78 is 49.3. The maximum atomic E-state index is 14.4. The molecule has 2 aromatic carbocycles. The van der Waals surface area contributed by atoms with Gasteiger partial charge in [0.25, 0.3) is 0 Å². The minimum atomic E-state index is -4.38. The van der Waals surface area contributed by atoms with E-state index >= 15 is 0 Å². The molecule has 2 N–H and O–H groups in total. The molecule has 148 valence electrons. The van der Waals surface area contributed by atoms with E-state index in [9.17, 15) is 17.6 Å². The fourth-order valence-electron chi connectivity index (χ4n) is 3.04. The molecule has 0 bridgehead atoms. The van der Waals surface area contributed by atoms with E-state index < -0.39 is 43.4 Å². The molecule has 0 saturated heterocycles. The van der Waals surface area contributed by atoms with Gasteiger partial charge in [0.15, 0.2) is 13.3 Å². The average Bonchev–Trinajstić information content (AvgIpc) is 2.85. The van der Waals surface area contributed by atoms with Gasteiger partial charge in [0.2, 0.25) is 17.4 Å². The summed E-state index contributed by atoms with van der Waals surface area (Å²) in [6.45, 7) is 0. The Morgan fingerprint density at radius 3 is 2.34 bits per heavy atom. The highest BCUT2D eigenvalue weighted by atomic mass is 35.5. The van der Waals surface area contributed by atoms with Crippen molar-refractivity contribution >= 4 is 51.0 Å². The lowest BCUT2D eigenvalue weighted by molar-refractivity contribution is -0.126. The van der Waals surface area contributed by atoms with Crippen LogP contribution in [0.2, 0.25) is 5.02 Å². The first kappa shape index (κ1) is 21.3. The van der Waals surface area contributed by atoms with Gasteiger partial charge < -0.3 is 14.7 Å². The lowest BCUT2D eigenvalue weighted by atomic mass is 9.65. The van der Waals surface area contributed by atoms with E-state index in [1.54, 1.807) is 30.3 Å². The Hall–Kier alpha value is -2.39. The van der Waals surface area contributed by atoms with Crippen molar-refractivity contribution in [3.05, 3.63) is 82.1 Å². The fraction of sp³-hybridized carbons (Fsp3) is 0.118. The third-order valence-electron chi connectivity index (χ3n) is 4.90. The second-order valence-electron chi connectivity index (χ2n) is 7.17. The molecule has 1 heterocycles. The highest BCUT2D eigenvalue weighted by Crippen LogP contribution is 2.41. The number of nitrogens with two attached hydrogens (primary N) is 1. The second-order valence-corrected chi connectivity index (χ2v) is 9.67. The predicted molar refractivity (Wildman–Crippen MR) is 114 cm³/mol. The quantitative estimate of drug-likeness (QED) is 0.501. The van der Waals surface area contributed by atoms with E-state index in [4.69, 9.17) is 26.3 Å². The maximum absolute atomic E-state index is 14.4. The zero-order chi connectivity index (χ0) is 21.6. The Bertz CT molecular complexity index is 1110. The van der Waals surface area contributed by atoms with Crippen molar-refractivity contribution in [3.8, 4) is 0 Å². The van der Waals surface area contributed by atoms with Crippen LogP contribution in [0.5, 0.6) is 0 Å². The lowest BCUT2D eigenvalue weighted by Crippen LogP contribution is -2.40. The molecule has 6 nitrogen and oxygen atoms in total. The van der Waals surface area contributed by atoms with Crippen LogP contribution in [0.4, 0.5) is 4.39 Å². The summed E-state index contributed by atoms with van der Waals surface area (Å²) in [4.78, 5) is 13.0. The minimum Gasteiger partial charge on any atom is -0.467 e. The van der Waals surface area contributed by atoms with E-state index in [0.29, 0.717) is 5.56 Å². The SMILES string of the molecule is BC(B)(c1ccccc1)S(=O)(=O)OC1=C(N)O[C@@](B)(c2c(F)cccc2Cl)C1=O. The molecule has 0 fully saturated rings. The van der Waals surface area contributed by atoms with Crippen molar-refractivity contribution in [1.29, 1.82) is 0 Å². The van der Waals surface area contributed by atoms with Crippen LogP contribution >= 0.6 is 11.6 Å². The average molecular weight is 433 g/mol. The first-order chi connectivity index (χ1) is 13.4. The van der Waals surface area contributed by atoms with E-state index in [1.165, 1.54) is 35.7 Å². The van der Waals surface area contributed by atoms with Gasteiger partial charge in [-0.15, -0.1) is 0 Å². The molecule has 0 aliphatic carbocycles. The summed E-state index contributed by atoms with van der Waals surface area (Å²) in [5.41, 5.74) is 3.98. The number of benzene rings is 2. The lowest BCUT2D eigenvalue weighted by Gasteiger charge is -2.26. The van der Waals surface area contributed by atoms with Crippen molar-refractivity contribution < 1.29 is 26.5 Å². The summed E-state index contributed by atoms with van der Waals surface area (Å²) in [7, 11) is -0.268. The van der Waals surface area contributed by atoms with Gasteiger partial charge in [-0.05, 0) is 17.7 Å². The summed E-state index contributed by atoms with van der Waals surface area (Å²) in [5, 5.41) is -0.0672. The van der Waals surface area contributed by atoms with Gasteiger partial charge in [-0.3, -0.25) is 4.79 Å². The number of halogens is 2. The van der Waals surface area contributed by atoms with Crippen molar-refractivity contribution in [2.45, 2.75) is 10.0 Å². The number of hydrogen-bond acceptors (Lipinski definition) is 6. The topological polar surface area (TPSA) is 95.7 Å². The van der Waals surface area contributed by atoms with Gasteiger partial charge in [0, 0.05) is 5.56 Å². The van der Waals surface area contributed by atoms with Crippen molar-refractivity contribution in [1.82, 2.24) is 0 Å². The number of hydrogen-bond donors (Lipinski definition) is 1. The van der Waals surface area contributed by atoms with Crippen LogP contribution in [0, 0.1) is 5.82 Å². The van der Waals surface area contributed by atoms with E-state index in [2.05, 4.69) is 0 Å². The molecule has 0 spiro atoms. The largest absolute Gasteiger partial charge is 0.467 e. The normalized spacial score (nSPS) is 19.9. The van der Waals surface area contributed by atoms with Crippen LogP contribution in [-0.4, -0.2) is 37.7 Å². The van der Waals surface area contributed by atoms with Crippen LogP contribution in [0.1, 0.15) is 11.1 Å². The first-order valence-electron chi connectivity index (χ1n) is 8.59. The van der Waals surface area contributed by atoms with E-state index in [1.807, 2.05) is 0 Å². The molecule has 12 heteroatoms. The number of rotatable bonds is 5. The fourth-order valence-corrected chi connectivity index (χ4v) is 4.39. The molecule has 1 aliphatic rings. The molecule has 0 radical (unpaired) electrons. The molecule has 0 unspecified atom stereocenters. The number of carbonyl (C=O) groups excluding carboxylic acids is 1. The predicted octanol–water partition coefficient (Wildman–Crippen LogP) is -0.585. The monoisotopic (exact) mass is 433 g/mol. The molecule has 0 aromatic heterocycles. The van der Waals surface area contributed by atoms with Gasteiger partial charge in [0.1, 0.15) is 21.5 Å². The zero-order valence-corrected chi connectivity index (χ0v) is 17.5. The Morgan fingerprint density at radius 2 is 1.76 bits per heavy atom. The molecular weight excluding hydrogens is 417 g/mol. The third-order valence-corrected chi connectivity index (χ3v) is 7.09. The summed E-state index contributed by atoms with van der Waals surface area (Å²) in [6.07, 6.45) is 0. The van der Waals surface area contributed by atoms with Gasteiger partial charge in [0.05, 0.1) is 9.57 Å². The molecular formula is C17H16B3ClFNO5S. The highest BCUT2D eigenvalue weighted by Gasteiger charge is 2.52. The van der Waals surface area contributed by atoms with Gasteiger partial charge >= 0.3 is 10.1 Å². The summed E-state index contributed by atoms with van der Waals surface area (Å²) in [6, 6.07) is 12.2. The molecule has 0 saturated carbocycles. The molecule has 3 rings (SSSR count). The number of ether oxygens (including phenoxy) is 1. The standard InChI is InChI=1S/C17H16B3ClFNO5S/c18-16(12-10(21)7-4-8-11(12)22)14(24)13(15(23)27-16)28-29(25,26)17(19,20)9-5-2-1-3-6-9/h1-8H,18-20,23H2/t16-/m0/s1. The molecule has 1 atom stereocenters. The Morgan fingerprint density at radius 1 is 1.14 bits per heavy atom. The highest BCUT2D eigenvalue weighted by molar-refractivity contribution is 7.90. The summed E-state index contributed by atoms with van der Waals surface area (Å²) >= 11 is 6.06. The minimum absolute atomic E-state index is 0.0672. The number of ketones is 1. The smallest absolute Gasteiger partial charge is 0.304 e. The van der Waals surface area contributed by atoms with Crippen LogP contribution in [0.15, 0.2) is 60.2 Å². The number of Topliss-reactive ketones (excluding diaryl/α,β-unsaturated/α-hetero) is 1. The van der Waals surface area contributed by atoms with Crippen LogP contribution in [-0.2, 0) is 33.9 Å². The molecule has 2 aromatic rings. The number of carbonyl (C=O) groups is 1. The third kappa shape index (κ3) is 3.42. The molecule has 0 amide bonds. The van der Waals surface area contributed by atoms with Crippen molar-refractivity contribution in [3.63, 3.8) is 0 Å². The first-order valence-corrected chi connectivity index (χ1v) is 10.4. The van der Waals surface area contributed by atoms with Gasteiger partial charge in [-0.25, -0.2) is 4.39 Å². The van der Waals surface area contributed by atoms with E-state index in [-0.39, 0.29) is 10.6 Å². The van der Waals surface area contributed by atoms with Crippen molar-refractivity contribution in [2.24, 2.45) is 5.73 Å². The van der Waals surface area contributed by atoms with Gasteiger partial charge in [-0.1, -0.05) is 48.0 Å². The Kier molecular flexibility index (Phi) is 5.25. The van der Waals surface area contributed by atoms with Crippen molar-refractivity contribution in [2.75, 3.05) is 0 Å².